The lowest BCUT2D eigenvalue weighted by Crippen LogP contribution is -2.35. The Morgan fingerprint density at radius 3 is 2.33 bits per heavy atom. The first-order chi connectivity index (χ1) is 6.68. The van der Waals surface area contributed by atoms with E-state index < -0.39 is 5.97 Å². The van der Waals surface area contributed by atoms with Crippen molar-refractivity contribution in [1.82, 2.24) is 0 Å². The van der Waals surface area contributed by atoms with E-state index in [4.69, 9.17) is 5.11 Å². The van der Waals surface area contributed by atoms with Gasteiger partial charge in [-0.3, -0.25) is 0 Å². The van der Waals surface area contributed by atoms with Gasteiger partial charge in [0.05, 0.1) is 5.57 Å². The number of aliphatic carboxylic acids is 1. The van der Waals surface area contributed by atoms with E-state index in [2.05, 4.69) is 27.7 Å². The minimum Gasteiger partial charge on any atom is -0.478 e. The van der Waals surface area contributed by atoms with E-state index in [1.54, 1.807) is 6.08 Å². The lowest BCUT2D eigenvalue weighted by molar-refractivity contribution is -0.132. The SMILES string of the molecule is CC1=CC(C(=O)O)=CCC1(C)C(C)(C)C. The molecule has 1 rings (SSSR count). The van der Waals surface area contributed by atoms with Crippen molar-refractivity contribution in [3.63, 3.8) is 0 Å². The monoisotopic (exact) mass is 208 g/mol. The van der Waals surface area contributed by atoms with E-state index in [9.17, 15) is 4.79 Å². The van der Waals surface area contributed by atoms with Crippen LogP contribution in [-0.2, 0) is 4.79 Å². The highest BCUT2D eigenvalue weighted by Crippen LogP contribution is 2.49. The molecule has 0 fully saturated rings. The van der Waals surface area contributed by atoms with Crippen LogP contribution in [0.1, 0.15) is 41.0 Å². The molecule has 1 aliphatic rings. The Morgan fingerprint density at radius 2 is 2.00 bits per heavy atom. The fourth-order valence-corrected chi connectivity index (χ4v) is 1.97. The molecule has 2 nitrogen and oxygen atoms in total. The third-order valence-corrected chi connectivity index (χ3v) is 3.87. The van der Waals surface area contributed by atoms with Crippen LogP contribution in [0.2, 0.25) is 0 Å². The van der Waals surface area contributed by atoms with Crippen LogP contribution >= 0.6 is 0 Å². The number of carbonyl (C=O) groups is 1. The standard InChI is InChI=1S/C13H20O2/c1-9-8-10(11(14)15)6-7-13(9,5)12(2,3)4/h6,8H,7H2,1-5H3,(H,14,15). The Balaban J connectivity index is 3.07. The van der Waals surface area contributed by atoms with Gasteiger partial charge in [-0.25, -0.2) is 4.79 Å². The average molecular weight is 208 g/mol. The lowest BCUT2D eigenvalue weighted by atomic mass is 9.60. The maximum atomic E-state index is 10.8. The van der Waals surface area contributed by atoms with Gasteiger partial charge in [0.15, 0.2) is 0 Å². The number of hydrogen-bond donors (Lipinski definition) is 1. The van der Waals surface area contributed by atoms with Gasteiger partial charge in [-0.05, 0) is 30.3 Å². The molecule has 15 heavy (non-hydrogen) atoms. The summed E-state index contributed by atoms with van der Waals surface area (Å²) in [7, 11) is 0. The number of carboxylic acid groups (broad SMARTS) is 1. The number of allylic oxidation sites excluding steroid dienone is 2. The Bertz CT molecular complexity index is 342. The highest BCUT2D eigenvalue weighted by Gasteiger charge is 2.39. The Hall–Kier alpha value is -1.05. The highest BCUT2D eigenvalue weighted by atomic mass is 16.4. The van der Waals surface area contributed by atoms with E-state index in [-0.39, 0.29) is 10.8 Å². The molecular weight excluding hydrogens is 188 g/mol. The molecule has 0 heterocycles. The normalized spacial score (nSPS) is 27.0. The van der Waals surface area contributed by atoms with Crippen molar-refractivity contribution in [2.24, 2.45) is 10.8 Å². The first-order valence-electron chi connectivity index (χ1n) is 5.31. The molecule has 0 amide bonds. The second-order valence-electron chi connectivity index (χ2n) is 5.58. The van der Waals surface area contributed by atoms with E-state index in [0.717, 1.165) is 12.0 Å². The average Bonchev–Trinajstić information content (AvgIpc) is 2.07. The van der Waals surface area contributed by atoms with Gasteiger partial charge in [0, 0.05) is 0 Å². The molecular formula is C13H20O2. The summed E-state index contributed by atoms with van der Waals surface area (Å²) in [4.78, 5) is 10.8. The Kier molecular flexibility index (Phi) is 2.81. The number of rotatable bonds is 1. The van der Waals surface area contributed by atoms with Gasteiger partial charge < -0.3 is 5.11 Å². The lowest BCUT2D eigenvalue weighted by Gasteiger charge is -2.44. The molecule has 1 aliphatic carbocycles. The van der Waals surface area contributed by atoms with Crippen LogP contribution in [0.25, 0.3) is 0 Å². The van der Waals surface area contributed by atoms with Crippen molar-refractivity contribution in [1.29, 1.82) is 0 Å². The molecule has 0 saturated carbocycles. The van der Waals surface area contributed by atoms with Gasteiger partial charge >= 0.3 is 5.97 Å². The van der Waals surface area contributed by atoms with Crippen LogP contribution in [0.5, 0.6) is 0 Å². The number of carboxylic acids is 1. The summed E-state index contributed by atoms with van der Waals surface area (Å²) in [6.45, 7) is 10.8. The molecule has 1 N–H and O–H groups in total. The van der Waals surface area contributed by atoms with Crippen molar-refractivity contribution in [2.75, 3.05) is 0 Å². The summed E-state index contributed by atoms with van der Waals surface area (Å²) in [6.07, 6.45) is 4.44. The molecule has 0 spiro atoms. The van der Waals surface area contributed by atoms with Crippen LogP contribution in [-0.4, -0.2) is 11.1 Å². The molecule has 0 aromatic heterocycles. The van der Waals surface area contributed by atoms with Crippen LogP contribution < -0.4 is 0 Å². The summed E-state index contributed by atoms with van der Waals surface area (Å²) < 4.78 is 0. The summed E-state index contributed by atoms with van der Waals surface area (Å²) in [5, 5.41) is 8.92. The molecule has 0 saturated heterocycles. The van der Waals surface area contributed by atoms with E-state index in [1.807, 2.05) is 13.0 Å². The highest BCUT2D eigenvalue weighted by molar-refractivity contribution is 5.90. The molecule has 0 aliphatic heterocycles. The fraction of sp³-hybridized carbons (Fsp3) is 0.615. The summed E-state index contributed by atoms with van der Waals surface area (Å²) in [5.74, 6) is -0.828. The predicted molar refractivity (Wildman–Crippen MR) is 61.7 cm³/mol. The van der Waals surface area contributed by atoms with E-state index >= 15 is 0 Å². The zero-order valence-corrected chi connectivity index (χ0v) is 10.2. The van der Waals surface area contributed by atoms with Crippen LogP contribution in [0.15, 0.2) is 23.3 Å². The van der Waals surface area contributed by atoms with E-state index in [1.165, 1.54) is 0 Å². The van der Waals surface area contributed by atoms with Gasteiger partial charge in [-0.2, -0.15) is 0 Å². The third kappa shape index (κ3) is 1.99. The van der Waals surface area contributed by atoms with Crippen molar-refractivity contribution in [3.05, 3.63) is 23.3 Å². The van der Waals surface area contributed by atoms with Crippen LogP contribution in [0, 0.1) is 10.8 Å². The predicted octanol–water partition coefficient (Wildman–Crippen LogP) is 3.40. The fourth-order valence-electron chi connectivity index (χ4n) is 1.97. The third-order valence-electron chi connectivity index (χ3n) is 3.87. The van der Waals surface area contributed by atoms with Gasteiger partial charge in [0.1, 0.15) is 0 Å². The van der Waals surface area contributed by atoms with Crippen molar-refractivity contribution < 1.29 is 9.90 Å². The minimum absolute atomic E-state index is 0.0615. The zero-order valence-electron chi connectivity index (χ0n) is 10.2. The molecule has 0 bridgehead atoms. The molecule has 84 valence electrons. The van der Waals surface area contributed by atoms with Crippen molar-refractivity contribution in [2.45, 2.75) is 41.0 Å². The Labute approximate surface area is 91.7 Å². The topological polar surface area (TPSA) is 37.3 Å². The molecule has 0 aromatic rings. The summed E-state index contributed by atoms with van der Waals surface area (Å²) in [6, 6.07) is 0. The van der Waals surface area contributed by atoms with Gasteiger partial charge in [-0.1, -0.05) is 39.3 Å². The molecule has 1 atom stereocenters. The molecule has 2 heteroatoms. The van der Waals surface area contributed by atoms with Gasteiger partial charge in [0.2, 0.25) is 0 Å². The molecule has 0 aromatic carbocycles. The first-order valence-corrected chi connectivity index (χ1v) is 5.31. The maximum Gasteiger partial charge on any atom is 0.335 e. The summed E-state index contributed by atoms with van der Waals surface area (Å²) >= 11 is 0. The van der Waals surface area contributed by atoms with Crippen LogP contribution in [0.4, 0.5) is 0 Å². The van der Waals surface area contributed by atoms with E-state index in [0.29, 0.717) is 5.57 Å². The smallest absolute Gasteiger partial charge is 0.335 e. The minimum atomic E-state index is -0.828. The zero-order chi connectivity index (χ0) is 11.9. The van der Waals surface area contributed by atoms with Gasteiger partial charge in [0.25, 0.3) is 0 Å². The summed E-state index contributed by atoms with van der Waals surface area (Å²) in [5.41, 5.74) is 1.80. The second-order valence-corrected chi connectivity index (χ2v) is 5.58. The second kappa shape index (κ2) is 3.51. The number of hydrogen-bond acceptors (Lipinski definition) is 1. The van der Waals surface area contributed by atoms with Crippen molar-refractivity contribution >= 4 is 5.97 Å². The quantitative estimate of drug-likeness (QED) is 0.717. The Morgan fingerprint density at radius 1 is 1.47 bits per heavy atom. The van der Waals surface area contributed by atoms with Crippen molar-refractivity contribution in [3.8, 4) is 0 Å². The molecule has 1 unspecified atom stereocenters. The largest absolute Gasteiger partial charge is 0.478 e. The molecule has 0 radical (unpaired) electrons. The van der Waals surface area contributed by atoms with Gasteiger partial charge in [-0.15, -0.1) is 0 Å². The first kappa shape index (κ1) is 12.0. The van der Waals surface area contributed by atoms with Crippen LogP contribution in [0.3, 0.4) is 0 Å². The maximum absolute atomic E-state index is 10.8.